The van der Waals surface area contributed by atoms with Crippen LogP contribution in [0.3, 0.4) is 0 Å². The predicted molar refractivity (Wildman–Crippen MR) is 72.4 cm³/mol. The number of halogens is 2. The van der Waals surface area contributed by atoms with Gasteiger partial charge in [0.25, 0.3) is 5.69 Å². The Morgan fingerprint density at radius 3 is 2.47 bits per heavy atom. The first kappa shape index (κ1) is 13.0. The summed E-state index contributed by atoms with van der Waals surface area (Å²) >= 11 is 0. The van der Waals surface area contributed by atoms with Gasteiger partial charge in [-0.1, -0.05) is 18.2 Å². The maximum Gasteiger partial charge on any atom is 0.257 e. The molecule has 0 saturated carbocycles. The molecule has 96 valence electrons. The second-order valence-corrected chi connectivity index (χ2v) is 4.31. The fourth-order valence-corrected chi connectivity index (χ4v) is 1.82. The lowest BCUT2D eigenvalue weighted by Gasteiger charge is -2.14. The van der Waals surface area contributed by atoms with E-state index in [2.05, 4.69) is 4.85 Å². The Balaban J connectivity index is 2.60. The van der Waals surface area contributed by atoms with Crippen LogP contribution in [0.15, 0.2) is 36.4 Å². The van der Waals surface area contributed by atoms with Crippen LogP contribution in [0.25, 0.3) is 16.0 Å². The van der Waals surface area contributed by atoms with E-state index in [0.29, 0.717) is 5.56 Å². The van der Waals surface area contributed by atoms with Crippen LogP contribution in [0.5, 0.6) is 0 Å². The smallest absolute Gasteiger partial charge is 0.257 e. The molecule has 4 heteroatoms. The lowest BCUT2D eigenvalue weighted by atomic mass is 10.0. The van der Waals surface area contributed by atoms with Crippen molar-refractivity contribution in [2.45, 2.75) is 0 Å². The normalized spacial score (nSPS) is 10.1. The van der Waals surface area contributed by atoms with Crippen molar-refractivity contribution in [3.05, 3.63) is 59.4 Å². The summed E-state index contributed by atoms with van der Waals surface area (Å²) in [7, 11) is 3.76. The van der Waals surface area contributed by atoms with E-state index in [4.69, 9.17) is 6.57 Å². The lowest BCUT2D eigenvalue weighted by molar-refractivity contribution is 0.596. The third-order valence-electron chi connectivity index (χ3n) is 2.85. The van der Waals surface area contributed by atoms with Gasteiger partial charge in [-0.25, -0.2) is 13.6 Å². The molecule has 0 atom stereocenters. The quantitative estimate of drug-likeness (QED) is 0.731. The highest BCUT2D eigenvalue weighted by Crippen LogP contribution is 2.32. The predicted octanol–water partition coefficient (Wildman–Crippen LogP) is 4.25. The van der Waals surface area contributed by atoms with E-state index >= 15 is 0 Å². The monoisotopic (exact) mass is 258 g/mol. The van der Waals surface area contributed by atoms with E-state index in [1.165, 1.54) is 6.07 Å². The van der Waals surface area contributed by atoms with Gasteiger partial charge in [0.05, 0.1) is 6.57 Å². The zero-order valence-electron chi connectivity index (χ0n) is 10.6. The Hall–Kier alpha value is -2.41. The summed E-state index contributed by atoms with van der Waals surface area (Å²) in [6.45, 7) is 6.83. The summed E-state index contributed by atoms with van der Waals surface area (Å²) in [5.74, 6) is -1.65. The van der Waals surface area contributed by atoms with Gasteiger partial charge in [-0.05, 0) is 23.8 Å². The van der Waals surface area contributed by atoms with Gasteiger partial charge in [0.2, 0.25) is 0 Å². The van der Waals surface area contributed by atoms with Crippen molar-refractivity contribution in [1.29, 1.82) is 0 Å². The molecule has 0 aliphatic rings. The molecule has 2 rings (SSSR count). The van der Waals surface area contributed by atoms with Crippen molar-refractivity contribution in [2.75, 3.05) is 19.0 Å². The number of hydrogen-bond donors (Lipinski definition) is 0. The Kier molecular flexibility index (Phi) is 3.48. The molecule has 0 N–H and O–H groups in total. The average Bonchev–Trinajstić information content (AvgIpc) is 2.39. The van der Waals surface area contributed by atoms with E-state index in [-0.39, 0.29) is 5.56 Å². The Morgan fingerprint density at radius 2 is 1.84 bits per heavy atom. The maximum atomic E-state index is 14.1. The first-order valence-electron chi connectivity index (χ1n) is 5.68. The molecular formula is C15H12F2N2. The summed E-state index contributed by atoms with van der Waals surface area (Å²) < 4.78 is 27.4. The molecule has 0 aromatic heterocycles. The first-order chi connectivity index (χ1) is 9.04. The number of anilines is 1. The van der Waals surface area contributed by atoms with Gasteiger partial charge in [-0.2, -0.15) is 0 Å². The maximum absolute atomic E-state index is 14.1. The molecule has 0 heterocycles. The highest BCUT2D eigenvalue weighted by atomic mass is 19.1. The zero-order valence-corrected chi connectivity index (χ0v) is 10.6. The molecule has 0 spiro atoms. The first-order valence-corrected chi connectivity index (χ1v) is 5.68. The van der Waals surface area contributed by atoms with Crippen LogP contribution in [0, 0.1) is 18.2 Å². The molecule has 0 unspecified atom stereocenters. The number of hydrogen-bond acceptors (Lipinski definition) is 1. The Labute approximate surface area is 110 Å². The number of rotatable bonds is 2. The van der Waals surface area contributed by atoms with Crippen molar-refractivity contribution in [3.8, 4) is 11.1 Å². The molecule has 0 fully saturated rings. The van der Waals surface area contributed by atoms with Crippen molar-refractivity contribution in [3.63, 3.8) is 0 Å². The van der Waals surface area contributed by atoms with Gasteiger partial charge in [0.15, 0.2) is 0 Å². The highest BCUT2D eigenvalue weighted by molar-refractivity contribution is 5.73. The van der Waals surface area contributed by atoms with Crippen LogP contribution in [0.2, 0.25) is 0 Å². The topological polar surface area (TPSA) is 7.60 Å². The molecule has 2 nitrogen and oxygen atoms in total. The second-order valence-electron chi connectivity index (χ2n) is 4.31. The third kappa shape index (κ3) is 2.41. The van der Waals surface area contributed by atoms with E-state index in [0.717, 1.165) is 11.8 Å². The minimum absolute atomic E-state index is 0.233. The molecule has 0 aliphatic carbocycles. The minimum atomic E-state index is -0.833. The highest BCUT2D eigenvalue weighted by Gasteiger charge is 2.15. The fraction of sp³-hybridized carbons (Fsp3) is 0.133. The van der Waals surface area contributed by atoms with Crippen LogP contribution >= 0.6 is 0 Å². The third-order valence-corrected chi connectivity index (χ3v) is 2.85. The average molecular weight is 258 g/mol. The van der Waals surface area contributed by atoms with Gasteiger partial charge in [-0.3, -0.25) is 0 Å². The van der Waals surface area contributed by atoms with Gasteiger partial charge in [0.1, 0.15) is 11.6 Å². The molecule has 0 radical (unpaired) electrons. The van der Waals surface area contributed by atoms with Crippen LogP contribution in [-0.4, -0.2) is 14.1 Å². The standard InChI is InChI=1S/C15H12F2N2/c1-18-15-13(16)8-7-12(14(15)17)10-5-4-6-11(9-10)19(2)3/h4-9H,2-3H3. The van der Waals surface area contributed by atoms with Crippen LogP contribution in [-0.2, 0) is 0 Å². The summed E-state index contributed by atoms with van der Waals surface area (Å²) in [5.41, 5.74) is 1.20. The van der Waals surface area contributed by atoms with E-state index < -0.39 is 17.3 Å². The second kappa shape index (κ2) is 5.07. The van der Waals surface area contributed by atoms with Crippen molar-refractivity contribution >= 4 is 11.4 Å². The van der Waals surface area contributed by atoms with Crippen molar-refractivity contribution in [2.24, 2.45) is 0 Å². The van der Waals surface area contributed by atoms with Crippen molar-refractivity contribution in [1.82, 2.24) is 0 Å². The molecule has 0 aliphatic heterocycles. The van der Waals surface area contributed by atoms with Gasteiger partial charge >= 0.3 is 0 Å². The molecule has 2 aromatic rings. The fourth-order valence-electron chi connectivity index (χ4n) is 1.82. The summed E-state index contributed by atoms with van der Waals surface area (Å²) in [6.07, 6.45) is 0. The van der Waals surface area contributed by atoms with E-state index in [9.17, 15) is 8.78 Å². The lowest BCUT2D eigenvalue weighted by Crippen LogP contribution is -2.08. The van der Waals surface area contributed by atoms with Crippen LogP contribution in [0.1, 0.15) is 0 Å². The molecule has 2 aromatic carbocycles. The van der Waals surface area contributed by atoms with Gasteiger partial charge in [0, 0.05) is 25.3 Å². The zero-order chi connectivity index (χ0) is 14.0. The SMILES string of the molecule is [C-]#[N+]c1c(F)ccc(-c2cccc(N(C)C)c2)c1F. The van der Waals surface area contributed by atoms with Gasteiger partial charge < -0.3 is 4.90 Å². The largest absolute Gasteiger partial charge is 0.378 e. The summed E-state index contributed by atoms with van der Waals surface area (Å²) in [5, 5.41) is 0. The number of nitrogens with zero attached hydrogens (tertiary/aromatic N) is 2. The minimum Gasteiger partial charge on any atom is -0.378 e. The number of benzene rings is 2. The van der Waals surface area contributed by atoms with E-state index in [1.807, 2.05) is 25.1 Å². The molecule has 0 bridgehead atoms. The molecule has 0 saturated heterocycles. The van der Waals surface area contributed by atoms with Crippen LogP contribution in [0.4, 0.5) is 20.2 Å². The molecule has 19 heavy (non-hydrogen) atoms. The molecular weight excluding hydrogens is 246 g/mol. The Morgan fingerprint density at radius 1 is 1.11 bits per heavy atom. The van der Waals surface area contributed by atoms with Gasteiger partial charge in [-0.15, -0.1) is 0 Å². The van der Waals surface area contributed by atoms with E-state index in [1.54, 1.807) is 18.2 Å². The Bertz CT molecular complexity index is 658. The summed E-state index contributed by atoms with van der Waals surface area (Å²) in [4.78, 5) is 4.79. The van der Waals surface area contributed by atoms with Crippen LogP contribution < -0.4 is 4.90 Å². The summed E-state index contributed by atoms with van der Waals surface area (Å²) in [6, 6.07) is 9.69. The molecule has 0 amide bonds. The van der Waals surface area contributed by atoms with Crippen molar-refractivity contribution < 1.29 is 8.78 Å².